The van der Waals surface area contributed by atoms with Crippen molar-refractivity contribution in [1.82, 2.24) is 4.90 Å². The molecule has 2 aromatic carbocycles. The summed E-state index contributed by atoms with van der Waals surface area (Å²) in [7, 11) is -0.386. The molecule has 0 radical (unpaired) electrons. The third kappa shape index (κ3) is 5.34. The van der Waals surface area contributed by atoms with Gasteiger partial charge in [0.25, 0.3) is 10.1 Å². The molecule has 4 rings (SSSR count). The highest BCUT2D eigenvalue weighted by Crippen LogP contribution is 2.46. The maximum atomic E-state index is 12.4. The molecule has 2 saturated heterocycles. The minimum absolute atomic E-state index is 0.0666. The van der Waals surface area contributed by atoms with Gasteiger partial charge in [-0.25, -0.2) is 0 Å². The number of carbonyl (C=O) groups excluding carboxylic acids is 1. The first-order valence-electron chi connectivity index (χ1n) is 10.6. The lowest BCUT2D eigenvalue weighted by Crippen LogP contribution is -2.49. The van der Waals surface area contributed by atoms with E-state index in [0.717, 1.165) is 29.0 Å². The Bertz CT molecular complexity index is 1070. The van der Waals surface area contributed by atoms with Crippen LogP contribution < -0.4 is 0 Å². The number of piperidine rings is 1. The highest BCUT2D eigenvalue weighted by molar-refractivity contribution is 7.85. The van der Waals surface area contributed by atoms with Crippen molar-refractivity contribution in [2.75, 3.05) is 14.2 Å². The van der Waals surface area contributed by atoms with Gasteiger partial charge in [-0.3, -0.25) is 14.2 Å². The summed E-state index contributed by atoms with van der Waals surface area (Å²) in [5, 5.41) is 0.782. The van der Waals surface area contributed by atoms with E-state index in [9.17, 15) is 13.2 Å². The number of aryl methyl sites for hydroxylation is 2. The predicted octanol–water partition coefficient (Wildman–Crippen LogP) is 4.63. The summed E-state index contributed by atoms with van der Waals surface area (Å²) in [5.41, 5.74) is 3.25. The van der Waals surface area contributed by atoms with Crippen LogP contribution in [0.3, 0.4) is 0 Å². The van der Waals surface area contributed by atoms with Crippen LogP contribution in [0.1, 0.15) is 41.9 Å². The molecule has 0 amide bonds. The number of fused-ring (bicyclic) bond motifs is 2. The quantitative estimate of drug-likeness (QED) is 0.510. The number of halogens is 1. The number of methoxy groups -OCH3 is 1. The molecular weight excluding hydrogens is 450 g/mol. The van der Waals surface area contributed by atoms with Crippen LogP contribution in [-0.2, 0) is 19.6 Å². The van der Waals surface area contributed by atoms with Crippen LogP contribution in [0.5, 0.6) is 0 Å². The number of rotatable bonds is 3. The van der Waals surface area contributed by atoms with Crippen LogP contribution >= 0.6 is 11.6 Å². The Morgan fingerprint density at radius 2 is 1.78 bits per heavy atom. The number of ether oxygens (including phenoxy) is 1. The average molecular weight is 480 g/mol. The fraction of sp³-hybridized carbons (Fsp3) is 0.458. The molecule has 2 bridgehead atoms. The van der Waals surface area contributed by atoms with Gasteiger partial charge in [0.15, 0.2) is 0 Å². The summed E-state index contributed by atoms with van der Waals surface area (Å²) in [6, 6.07) is 13.0. The van der Waals surface area contributed by atoms with Gasteiger partial charge in [-0.2, -0.15) is 8.42 Å². The second-order valence-electron chi connectivity index (χ2n) is 8.65. The topological polar surface area (TPSA) is 83.9 Å². The lowest BCUT2D eigenvalue weighted by Gasteiger charge is -2.41. The second kappa shape index (κ2) is 9.91. The molecule has 2 fully saturated rings. The highest BCUT2D eigenvalue weighted by Gasteiger charge is 2.49. The van der Waals surface area contributed by atoms with Crippen molar-refractivity contribution < 1.29 is 22.5 Å². The number of carbonyl (C=O) groups is 1. The van der Waals surface area contributed by atoms with Gasteiger partial charge in [0.2, 0.25) is 0 Å². The van der Waals surface area contributed by atoms with Crippen molar-refractivity contribution in [3.05, 3.63) is 64.2 Å². The third-order valence-corrected chi connectivity index (χ3v) is 7.96. The molecule has 0 unspecified atom stereocenters. The minimum Gasteiger partial charge on any atom is -0.469 e. The molecule has 8 heteroatoms. The Hall–Kier alpha value is -1.93. The Kier molecular flexibility index (Phi) is 7.65. The molecule has 1 N–H and O–H groups in total. The van der Waals surface area contributed by atoms with Gasteiger partial charge < -0.3 is 4.74 Å². The zero-order valence-corrected chi connectivity index (χ0v) is 20.4. The molecule has 6 nitrogen and oxygen atoms in total. The summed E-state index contributed by atoms with van der Waals surface area (Å²) in [6.45, 7) is 3.86. The number of hydrogen-bond donors (Lipinski definition) is 1. The predicted molar refractivity (Wildman–Crippen MR) is 125 cm³/mol. The van der Waals surface area contributed by atoms with Crippen molar-refractivity contribution >= 4 is 27.7 Å². The molecule has 2 heterocycles. The van der Waals surface area contributed by atoms with Crippen molar-refractivity contribution in [1.29, 1.82) is 0 Å². The largest absolute Gasteiger partial charge is 0.469 e. The maximum absolute atomic E-state index is 12.4. The van der Waals surface area contributed by atoms with E-state index in [0.29, 0.717) is 12.1 Å². The Labute approximate surface area is 195 Å². The van der Waals surface area contributed by atoms with Crippen molar-refractivity contribution in [3.63, 3.8) is 0 Å². The van der Waals surface area contributed by atoms with E-state index >= 15 is 0 Å². The van der Waals surface area contributed by atoms with Gasteiger partial charge in [0.1, 0.15) is 0 Å². The fourth-order valence-corrected chi connectivity index (χ4v) is 5.47. The SMILES string of the molecule is COC(=O)[C@@H]1[C@H]2CC[C@@H](C[C@H]1c1ccc(Cl)c(C)c1)N2C.Cc1ccc(S(=O)(=O)O)cc1. The van der Waals surface area contributed by atoms with Crippen molar-refractivity contribution in [2.45, 2.75) is 56.0 Å². The van der Waals surface area contributed by atoms with E-state index in [4.69, 9.17) is 20.9 Å². The molecule has 174 valence electrons. The van der Waals surface area contributed by atoms with Gasteiger partial charge in [-0.1, -0.05) is 41.4 Å². The summed E-state index contributed by atoms with van der Waals surface area (Å²) >= 11 is 6.14. The molecule has 4 atom stereocenters. The Morgan fingerprint density at radius 3 is 2.34 bits per heavy atom. The van der Waals surface area contributed by atoms with Crippen LogP contribution in [0.15, 0.2) is 47.4 Å². The van der Waals surface area contributed by atoms with Gasteiger partial charge in [0, 0.05) is 23.0 Å². The molecule has 2 aliphatic rings. The standard InChI is InChI=1S/C17H22ClNO2.C7H8O3S/c1-10-8-11(4-6-14(10)18)13-9-12-5-7-15(19(12)2)16(13)17(20)21-3;1-6-2-4-7(5-3-6)11(8,9)10/h4,6,8,12-13,15-16H,5,7,9H2,1-3H3;2-5H,1H3,(H,8,9,10)/t12-,13-,15+,16-;/m0./s1. The molecule has 2 aromatic rings. The van der Waals surface area contributed by atoms with E-state index in [1.54, 1.807) is 12.1 Å². The molecule has 32 heavy (non-hydrogen) atoms. The van der Waals surface area contributed by atoms with Crippen LogP contribution in [0.25, 0.3) is 0 Å². The lowest BCUT2D eigenvalue weighted by atomic mass is 9.76. The normalized spacial score (nSPS) is 25.1. The molecule has 0 aliphatic carbocycles. The molecule has 0 spiro atoms. The number of nitrogens with zero attached hydrogens (tertiary/aromatic N) is 1. The summed E-state index contributed by atoms with van der Waals surface area (Å²) in [5.74, 6) is 0.0891. The molecular formula is C24H30ClNO5S. The highest BCUT2D eigenvalue weighted by atomic mass is 35.5. The third-order valence-electron chi connectivity index (χ3n) is 6.67. The molecule has 0 aromatic heterocycles. The van der Waals surface area contributed by atoms with Crippen LogP contribution in [-0.4, -0.2) is 50.1 Å². The molecule has 2 aliphatic heterocycles. The zero-order chi connectivity index (χ0) is 23.6. The van der Waals surface area contributed by atoms with E-state index in [1.807, 2.05) is 19.9 Å². The van der Waals surface area contributed by atoms with Gasteiger partial charge in [0.05, 0.1) is 17.9 Å². The average Bonchev–Trinajstić information content (AvgIpc) is 2.97. The minimum atomic E-state index is -4.02. The van der Waals surface area contributed by atoms with Crippen LogP contribution in [0, 0.1) is 19.8 Å². The van der Waals surface area contributed by atoms with Crippen LogP contribution in [0.2, 0.25) is 5.02 Å². The smallest absolute Gasteiger partial charge is 0.310 e. The van der Waals surface area contributed by atoms with Crippen molar-refractivity contribution in [2.24, 2.45) is 5.92 Å². The first-order valence-corrected chi connectivity index (χ1v) is 12.4. The number of esters is 1. The number of hydrogen-bond acceptors (Lipinski definition) is 5. The van der Waals surface area contributed by atoms with Gasteiger partial charge >= 0.3 is 5.97 Å². The monoisotopic (exact) mass is 479 g/mol. The Balaban J connectivity index is 0.000000222. The van der Waals surface area contributed by atoms with Crippen molar-refractivity contribution in [3.8, 4) is 0 Å². The second-order valence-corrected chi connectivity index (χ2v) is 10.5. The molecule has 0 saturated carbocycles. The summed E-state index contributed by atoms with van der Waals surface area (Å²) in [4.78, 5) is 14.7. The zero-order valence-electron chi connectivity index (χ0n) is 18.8. The first kappa shape index (κ1) is 24.7. The fourth-order valence-electron chi connectivity index (χ4n) is 4.88. The van der Waals surface area contributed by atoms with E-state index in [2.05, 4.69) is 24.1 Å². The number of benzene rings is 2. The van der Waals surface area contributed by atoms with Crippen LogP contribution in [0.4, 0.5) is 0 Å². The summed E-state index contributed by atoms with van der Waals surface area (Å²) < 4.78 is 34.7. The summed E-state index contributed by atoms with van der Waals surface area (Å²) in [6.07, 6.45) is 3.29. The van der Waals surface area contributed by atoms with Gasteiger partial charge in [-0.05, 0) is 69.5 Å². The first-order chi connectivity index (χ1) is 15.0. The Morgan fingerprint density at radius 1 is 1.12 bits per heavy atom. The van der Waals surface area contributed by atoms with E-state index < -0.39 is 10.1 Å². The van der Waals surface area contributed by atoms with Gasteiger partial charge in [-0.15, -0.1) is 0 Å². The van der Waals surface area contributed by atoms with E-state index in [-0.39, 0.29) is 22.7 Å². The maximum Gasteiger partial charge on any atom is 0.310 e. The van der Waals surface area contributed by atoms with E-state index in [1.165, 1.54) is 31.2 Å². The lowest BCUT2D eigenvalue weighted by molar-refractivity contribution is -0.150.